The molecule has 0 saturated carbocycles. The fourth-order valence-corrected chi connectivity index (χ4v) is 3.84. The molecule has 6 heteroatoms. The Hall–Kier alpha value is -2.73. The van der Waals surface area contributed by atoms with Crippen molar-refractivity contribution in [2.24, 2.45) is 4.99 Å². The predicted octanol–water partition coefficient (Wildman–Crippen LogP) is 2.66. The molecule has 2 heterocycles. The molecule has 2 aromatic carbocycles. The van der Waals surface area contributed by atoms with Gasteiger partial charge in [-0.15, -0.1) is 0 Å². The molecule has 2 aliphatic heterocycles. The first-order chi connectivity index (χ1) is 14.3. The van der Waals surface area contributed by atoms with Crippen molar-refractivity contribution in [2.75, 3.05) is 33.3 Å². The minimum atomic E-state index is -0.0313. The third-order valence-corrected chi connectivity index (χ3v) is 5.47. The summed E-state index contributed by atoms with van der Waals surface area (Å²) in [7, 11) is 1.81. The Morgan fingerprint density at radius 2 is 1.76 bits per heavy atom. The standard InChI is InChI=1S/C23H30N4O2/c1-24-23(25-15-20-17-28-21-9-5-6-10-22(21)29-20)26-19-11-13-27(14-12-19)16-18-7-3-2-4-8-18/h2-10,19-20H,11-17H2,1H3,(H2,24,25,26). The van der Waals surface area contributed by atoms with Crippen molar-refractivity contribution >= 4 is 5.96 Å². The van der Waals surface area contributed by atoms with Crippen LogP contribution in [0.3, 0.4) is 0 Å². The molecule has 4 rings (SSSR count). The van der Waals surface area contributed by atoms with Crippen molar-refractivity contribution in [3.63, 3.8) is 0 Å². The van der Waals surface area contributed by atoms with Crippen LogP contribution in [0.15, 0.2) is 59.6 Å². The van der Waals surface area contributed by atoms with Crippen LogP contribution in [-0.4, -0.2) is 56.3 Å². The maximum atomic E-state index is 6.01. The topological polar surface area (TPSA) is 58.1 Å². The Balaban J connectivity index is 1.19. The molecule has 2 aliphatic rings. The Morgan fingerprint density at radius 3 is 2.52 bits per heavy atom. The zero-order valence-corrected chi connectivity index (χ0v) is 17.0. The first-order valence-electron chi connectivity index (χ1n) is 10.4. The third-order valence-electron chi connectivity index (χ3n) is 5.47. The van der Waals surface area contributed by atoms with Gasteiger partial charge in [-0.2, -0.15) is 0 Å². The lowest BCUT2D eigenvalue weighted by molar-refractivity contribution is 0.0935. The largest absolute Gasteiger partial charge is 0.486 e. The molecule has 29 heavy (non-hydrogen) atoms. The molecule has 1 unspecified atom stereocenters. The minimum absolute atomic E-state index is 0.0313. The van der Waals surface area contributed by atoms with Gasteiger partial charge in [0.25, 0.3) is 0 Å². The van der Waals surface area contributed by atoms with Gasteiger partial charge in [0.15, 0.2) is 17.5 Å². The molecule has 1 fully saturated rings. The molecule has 1 saturated heterocycles. The molecular formula is C23H30N4O2. The van der Waals surface area contributed by atoms with Gasteiger partial charge < -0.3 is 20.1 Å². The summed E-state index contributed by atoms with van der Waals surface area (Å²) in [6.45, 7) is 4.42. The maximum absolute atomic E-state index is 6.01. The number of rotatable bonds is 5. The molecule has 154 valence electrons. The summed E-state index contributed by atoms with van der Waals surface area (Å²) in [6, 6.07) is 18.9. The van der Waals surface area contributed by atoms with Crippen LogP contribution in [0.5, 0.6) is 11.5 Å². The lowest BCUT2D eigenvalue weighted by atomic mass is 10.0. The second-order valence-corrected chi connectivity index (χ2v) is 7.63. The average Bonchev–Trinajstić information content (AvgIpc) is 2.78. The summed E-state index contributed by atoms with van der Waals surface area (Å²) >= 11 is 0. The fraction of sp³-hybridized carbons (Fsp3) is 0.435. The summed E-state index contributed by atoms with van der Waals surface area (Å²) in [5.41, 5.74) is 1.38. The first kappa shape index (κ1) is 19.6. The van der Waals surface area contributed by atoms with E-state index in [4.69, 9.17) is 9.47 Å². The molecule has 0 spiro atoms. The van der Waals surface area contributed by atoms with E-state index in [0.29, 0.717) is 19.2 Å². The Morgan fingerprint density at radius 1 is 1.03 bits per heavy atom. The number of benzene rings is 2. The lowest BCUT2D eigenvalue weighted by Gasteiger charge is -2.33. The Bertz CT molecular complexity index is 804. The van der Waals surface area contributed by atoms with Crippen molar-refractivity contribution in [2.45, 2.75) is 31.5 Å². The number of piperidine rings is 1. The van der Waals surface area contributed by atoms with E-state index in [2.05, 4.69) is 50.9 Å². The van der Waals surface area contributed by atoms with E-state index in [0.717, 1.165) is 49.9 Å². The van der Waals surface area contributed by atoms with Crippen LogP contribution >= 0.6 is 0 Å². The molecule has 2 N–H and O–H groups in total. The van der Waals surface area contributed by atoms with E-state index < -0.39 is 0 Å². The summed E-state index contributed by atoms with van der Waals surface area (Å²) in [5.74, 6) is 2.45. The van der Waals surface area contributed by atoms with Gasteiger partial charge in [-0.25, -0.2) is 0 Å². The van der Waals surface area contributed by atoms with Crippen molar-refractivity contribution in [3.05, 3.63) is 60.2 Å². The number of likely N-dealkylation sites (tertiary alicyclic amines) is 1. The zero-order valence-electron chi connectivity index (χ0n) is 17.0. The highest BCUT2D eigenvalue weighted by atomic mass is 16.6. The molecular weight excluding hydrogens is 364 g/mol. The molecule has 1 atom stereocenters. The van der Waals surface area contributed by atoms with Crippen molar-refractivity contribution in [1.82, 2.24) is 15.5 Å². The van der Waals surface area contributed by atoms with Crippen LogP contribution < -0.4 is 20.1 Å². The quantitative estimate of drug-likeness (QED) is 0.603. The smallest absolute Gasteiger partial charge is 0.191 e. The normalized spacial score (nSPS) is 20.3. The molecule has 0 radical (unpaired) electrons. The number of hydrogen-bond donors (Lipinski definition) is 2. The van der Waals surface area contributed by atoms with Gasteiger partial charge in [0.05, 0.1) is 6.54 Å². The van der Waals surface area contributed by atoms with Crippen LogP contribution in [0, 0.1) is 0 Å². The van der Waals surface area contributed by atoms with E-state index in [9.17, 15) is 0 Å². The van der Waals surface area contributed by atoms with Crippen molar-refractivity contribution < 1.29 is 9.47 Å². The number of fused-ring (bicyclic) bond motifs is 1. The maximum Gasteiger partial charge on any atom is 0.191 e. The van der Waals surface area contributed by atoms with Crippen LogP contribution in [0.1, 0.15) is 18.4 Å². The number of para-hydroxylation sites is 2. The van der Waals surface area contributed by atoms with Crippen LogP contribution in [0.25, 0.3) is 0 Å². The fourth-order valence-electron chi connectivity index (χ4n) is 3.84. The summed E-state index contributed by atoms with van der Waals surface area (Å²) < 4.78 is 11.8. The Labute approximate surface area is 172 Å². The summed E-state index contributed by atoms with van der Waals surface area (Å²) in [6.07, 6.45) is 2.20. The summed E-state index contributed by atoms with van der Waals surface area (Å²) in [5, 5.41) is 6.95. The number of hydrogen-bond acceptors (Lipinski definition) is 4. The Kier molecular flexibility index (Phi) is 6.52. The number of nitrogens with zero attached hydrogens (tertiary/aromatic N) is 2. The monoisotopic (exact) mass is 394 g/mol. The van der Waals surface area contributed by atoms with Gasteiger partial charge in [0.2, 0.25) is 0 Å². The second-order valence-electron chi connectivity index (χ2n) is 7.63. The lowest BCUT2D eigenvalue weighted by Crippen LogP contribution is -2.51. The van der Waals surface area contributed by atoms with Crippen LogP contribution in [-0.2, 0) is 6.54 Å². The number of ether oxygens (including phenoxy) is 2. The number of nitrogens with one attached hydrogen (secondary N) is 2. The van der Waals surface area contributed by atoms with Crippen molar-refractivity contribution in [1.29, 1.82) is 0 Å². The van der Waals surface area contributed by atoms with Crippen molar-refractivity contribution in [3.8, 4) is 11.5 Å². The van der Waals surface area contributed by atoms with Gasteiger partial charge in [0.1, 0.15) is 12.7 Å². The minimum Gasteiger partial charge on any atom is -0.486 e. The highest BCUT2D eigenvalue weighted by molar-refractivity contribution is 5.80. The van der Waals surface area contributed by atoms with Gasteiger partial charge in [-0.05, 0) is 30.5 Å². The second kappa shape index (κ2) is 9.65. The predicted molar refractivity (Wildman–Crippen MR) is 116 cm³/mol. The third kappa shape index (κ3) is 5.41. The van der Waals surface area contributed by atoms with E-state index in [-0.39, 0.29) is 6.10 Å². The van der Waals surface area contributed by atoms with E-state index in [1.807, 2.05) is 31.3 Å². The average molecular weight is 395 g/mol. The number of aliphatic imine (C=N–C) groups is 1. The molecule has 2 aromatic rings. The van der Waals surface area contributed by atoms with Gasteiger partial charge in [-0.1, -0.05) is 42.5 Å². The number of guanidine groups is 1. The van der Waals surface area contributed by atoms with E-state index in [1.54, 1.807) is 0 Å². The van der Waals surface area contributed by atoms with E-state index >= 15 is 0 Å². The molecule has 0 amide bonds. The highest BCUT2D eigenvalue weighted by Crippen LogP contribution is 2.30. The van der Waals surface area contributed by atoms with Crippen LogP contribution in [0.2, 0.25) is 0 Å². The highest BCUT2D eigenvalue weighted by Gasteiger charge is 2.23. The molecule has 0 aliphatic carbocycles. The SMILES string of the molecule is CN=C(NCC1COc2ccccc2O1)NC1CCN(Cc2ccccc2)CC1. The molecule has 0 aromatic heterocycles. The molecule has 0 bridgehead atoms. The molecule has 6 nitrogen and oxygen atoms in total. The zero-order chi connectivity index (χ0) is 19.9. The van der Waals surface area contributed by atoms with Gasteiger partial charge >= 0.3 is 0 Å². The van der Waals surface area contributed by atoms with Crippen LogP contribution in [0.4, 0.5) is 0 Å². The van der Waals surface area contributed by atoms with Gasteiger partial charge in [-0.3, -0.25) is 9.89 Å². The first-order valence-corrected chi connectivity index (χ1v) is 10.4. The van der Waals surface area contributed by atoms with Gasteiger partial charge in [0, 0.05) is 32.7 Å². The summed E-state index contributed by atoms with van der Waals surface area (Å²) in [4.78, 5) is 6.90. The van der Waals surface area contributed by atoms with E-state index in [1.165, 1.54) is 5.56 Å².